The molecule has 1 aromatic carbocycles. The summed E-state index contributed by atoms with van der Waals surface area (Å²) in [4.78, 5) is 1.26. The van der Waals surface area contributed by atoms with Gasteiger partial charge < -0.3 is 0 Å². The van der Waals surface area contributed by atoms with Crippen molar-refractivity contribution in [2.45, 2.75) is 23.5 Å². The molecule has 1 aliphatic rings. The maximum absolute atomic E-state index is 12.4. The molecule has 126 valence electrons. The fourth-order valence-corrected chi connectivity index (χ4v) is 3.98. The Kier molecular flexibility index (Phi) is 4.07. The summed E-state index contributed by atoms with van der Waals surface area (Å²) in [5.41, 5.74) is 0.581. The number of benzene rings is 1. The molecule has 0 spiro atoms. The van der Waals surface area contributed by atoms with Crippen LogP contribution in [0.3, 0.4) is 0 Å². The van der Waals surface area contributed by atoms with Gasteiger partial charge in [0.15, 0.2) is 0 Å². The molecule has 1 aromatic heterocycles. The minimum atomic E-state index is -4.28. The first-order valence-corrected chi connectivity index (χ1v) is 8.46. The Labute approximate surface area is 130 Å². The first kappa shape index (κ1) is 16.2. The second-order valence-electron chi connectivity index (χ2n) is 5.58. The van der Waals surface area contributed by atoms with Gasteiger partial charge in [0.1, 0.15) is 0 Å². The summed E-state index contributed by atoms with van der Waals surface area (Å²) >= 11 is 0. The van der Waals surface area contributed by atoms with E-state index in [4.69, 9.17) is 0 Å². The number of aromatic amines is 1. The first-order chi connectivity index (χ1) is 10.7. The van der Waals surface area contributed by atoms with Crippen molar-refractivity contribution >= 4 is 20.9 Å². The van der Waals surface area contributed by atoms with E-state index in [1.807, 2.05) is 0 Å². The van der Waals surface area contributed by atoms with Crippen LogP contribution in [0, 0.1) is 0 Å². The fraction of sp³-hybridized carbons (Fsp3) is 0.462. The van der Waals surface area contributed by atoms with Crippen molar-refractivity contribution in [2.24, 2.45) is 0 Å². The minimum absolute atomic E-state index is 0.0467. The summed E-state index contributed by atoms with van der Waals surface area (Å²) in [6.07, 6.45) is -2.35. The number of likely N-dealkylation sites (tertiary alicyclic amines) is 1. The van der Waals surface area contributed by atoms with Gasteiger partial charge in [-0.1, -0.05) is 0 Å². The highest BCUT2D eigenvalue weighted by Gasteiger charge is 2.35. The molecule has 0 bridgehead atoms. The molecule has 2 heterocycles. The first-order valence-electron chi connectivity index (χ1n) is 6.97. The lowest BCUT2D eigenvalue weighted by atomic mass is 10.3. The number of fused-ring (bicyclic) bond motifs is 1. The third-order valence-corrected chi connectivity index (χ3v) is 5.24. The fourth-order valence-electron chi connectivity index (χ4n) is 2.70. The normalized spacial score (nSPS) is 20.4. The summed E-state index contributed by atoms with van der Waals surface area (Å²) in [5.74, 6) is 0. The largest absolute Gasteiger partial charge is 0.401 e. The van der Waals surface area contributed by atoms with Crippen molar-refractivity contribution in [2.75, 3.05) is 19.6 Å². The summed E-state index contributed by atoms with van der Waals surface area (Å²) in [6, 6.07) is 3.99. The van der Waals surface area contributed by atoms with Crippen LogP contribution in [0.1, 0.15) is 6.42 Å². The van der Waals surface area contributed by atoms with Gasteiger partial charge in [-0.3, -0.25) is 10.00 Å². The van der Waals surface area contributed by atoms with Gasteiger partial charge in [0, 0.05) is 24.5 Å². The van der Waals surface area contributed by atoms with Gasteiger partial charge >= 0.3 is 6.18 Å². The van der Waals surface area contributed by atoms with Crippen molar-refractivity contribution < 1.29 is 21.6 Å². The van der Waals surface area contributed by atoms with E-state index < -0.39 is 28.8 Å². The molecule has 1 aliphatic heterocycles. The Morgan fingerprint density at radius 2 is 2.17 bits per heavy atom. The second-order valence-corrected chi connectivity index (χ2v) is 7.29. The summed E-state index contributed by atoms with van der Waals surface area (Å²) < 4.78 is 64.3. The third kappa shape index (κ3) is 3.82. The Morgan fingerprint density at radius 3 is 2.91 bits per heavy atom. The van der Waals surface area contributed by atoms with E-state index in [0.29, 0.717) is 11.9 Å². The van der Waals surface area contributed by atoms with Crippen LogP contribution in [0.2, 0.25) is 0 Å². The molecule has 1 fully saturated rings. The van der Waals surface area contributed by atoms with Gasteiger partial charge in [0.25, 0.3) is 0 Å². The lowest BCUT2D eigenvalue weighted by molar-refractivity contribution is -0.143. The number of nitrogens with zero attached hydrogens (tertiary/aromatic N) is 2. The second kappa shape index (κ2) is 5.77. The van der Waals surface area contributed by atoms with E-state index in [9.17, 15) is 21.6 Å². The Balaban J connectivity index is 1.69. The van der Waals surface area contributed by atoms with Gasteiger partial charge in [-0.15, -0.1) is 0 Å². The van der Waals surface area contributed by atoms with E-state index in [1.165, 1.54) is 17.0 Å². The highest BCUT2D eigenvalue weighted by Crippen LogP contribution is 2.22. The molecule has 0 unspecified atom stereocenters. The van der Waals surface area contributed by atoms with Crippen molar-refractivity contribution in [3.8, 4) is 0 Å². The zero-order valence-corrected chi connectivity index (χ0v) is 12.8. The van der Waals surface area contributed by atoms with Crippen LogP contribution >= 0.6 is 0 Å². The third-order valence-electron chi connectivity index (χ3n) is 3.72. The molecule has 0 aliphatic carbocycles. The van der Waals surface area contributed by atoms with Gasteiger partial charge in [0.2, 0.25) is 10.0 Å². The number of alkyl halides is 3. The quantitative estimate of drug-likeness (QED) is 0.877. The molecule has 2 N–H and O–H groups in total. The minimum Gasteiger partial charge on any atom is -0.293 e. The number of nitrogens with one attached hydrogen (secondary N) is 2. The van der Waals surface area contributed by atoms with Crippen LogP contribution < -0.4 is 4.72 Å². The van der Waals surface area contributed by atoms with Crippen molar-refractivity contribution in [1.29, 1.82) is 0 Å². The molecule has 0 amide bonds. The van der Waals surface area contributed by atoms with E-state index in [2.05, 4.69) is 14.9 Å². The number of halogens is 3. The van der Waals surface area contributed by atoms with Crippen molar-refractivity contribution in [1.82, 2.24) is 19.8 Å². The Bertz CT molecular complexity index is 803. The molecule has 0 saturated carbocycles. The summed E-state index contributed by atoms with van der Waals surface area (Å²) in [7, 11) is -3.79. The maximum Gasteiger partial charge on any atom is 0.401 e. The number of sulfonamides is 1. The number of rotatable bonds is 4. The lowest BCUT2D eigenvalue weighted by Gasteiger charge is -2.18. The molecule has 23 heavy (non-hydrogen) atoms. The monoisotopic (exact) mass is 348 g/mol. The van der Waals surface area contributed by atoms with Gasteiger partial charge in [-0.05, 0) is 24.6 Å². The molecule has 0 radical (unpaired) electrons. The average molecular weight is 348 g/mol. The van der Waals surface area contributed by atoms with Crippen LogP contribution in [-0.2, 0) is 10.0 Å². The predicted molar refractivity (Wildman–Crippen MR) is 77.3 cm³/mol. The number of hydrogen-bond donors (Lipinski definition) is 2. The Hall–Kier alpha value is -1.65. The molecule has 10 heteroatoms. The van der Waals surface area contributed by atoms with Crippen LogP contribution in [-0.4, -0.2) is 55.4 Å². The van der Waals surface area contributed by atoms with Gasteiger partial charge in [-0.2, -0.15) is 18.3 Å². The molecular weight excluding hydrogens is 333 g/mol. The highest BCUT2D eigenvalue weighted by atomic mass is 32.2. The van der Waals surface area contributed by atoms with Gasteiger partial charge in [0.05, 0.1) is 23.2 Å². The topological polar surface area (TPSA) is 78.1 Å². The molecule has 2 aromatic rings. The van der Waals surface area contributed by atoms with Gasteiger partial charge in [-0.25, -0.2) is 13.1 Å². The van der Waals surface area contributed by atoms with Crippen LogP contribution in [0.4, 0.5) is 13.2 Å². The predicted octanol–water partition coefficient (Wildman–Crippen LogP) is 1.48. The zero-order chi connectivity index (χ0) is 16.7. The van der Waals surface area contributed by atoms with E-state index in [-0.39, 0.29) is 18.0 Å². The molecule has 1 saturated heterocycles. The molecule has 6 nitrogen and oxygen atoms in total. The van der Waals surface area contributed by atoms with Crippen LogP contribution in [0.5, 0.6) is 0 Å². The summed E-state index contributed by atoms with van der Waals surface area (Å²) in [6.45, 7) is -0.761. The van der Waals surface area contributed by atoms with E-state index in [1.54, 1.807) is 12.3 Å². The smallest absolute Gasteiger partial charge is 0.293 e. The SMILES string of the molecule is O=S(=O)(N[C@@H]1CCN(CC(F)(F)F)C1)c1ccc2cn[nH]c2c1. The highest BCUT2D eigenvalue weighted by molar-refractivity contribution is 7.89. The van der Waals surface area contributed by atoms with Crippen molar-refractivity contribution in [3.05, 3.63) is 24.4 Å². The molecule has 3 rings (SSSR count). The maximum atomic E-state index is 12.4. The number of hydrogen-bond acceptors (Lipinski definition) is 4. The number of aromatic nitrogens is 2. The molecule has 1 atom stereocenters. The van der Waals surface area contributed by atoms with Crippen molar-refractivity contribution in [3.63, 3.8) is 0 Å². The van der Waals surface area contributed by atoms with Crippen LogP contribution in [0.15, 0.2) is 29.3 Å². The standard InChI is InChI=1S/C13H15F3N4O2S/c14-13(15,16)8-20-4-3-10(7-20)19-23(21,22)11-2-1-9-6-17-18-12(9)5-11/h1-2,5-6,10,19H,3-4,7-8H2,(H,17,18)/t10-/m1/s1. The zero-order valence-electron chi connectivity index (χ0n) is 12.0. The average Bonchev–Trinajstić information content (AvgIpc) is 3.04. The summed E-state index contributed by atoms with van der Waals surface area (Å²) in [5, 5.41) is 7.28. The molecular formula is C13H15F3N4O2S. The Morgan fingerprint density at radius 1 is 1.39 bits per heavy atom. The number of H-pyrrole nitrogens is 1. The van der Waals surface area contributed by atoms with Crippen LogP contribution in [0.25, 0.3) is 10.9 Å². The van der Waals surface area contributed by atoms with E-state index in [0.717, 1.165) is 5.39 Å². The van der Waals surface area contributed by atoms with E-state index >= 15 is 0 Å². The lowest BCUT2D eigenvalue weighted by Crippen LogP contribution is -2.39.